The fourth-order valence-electron chi connectivity index (χ4n) is 1.41. The Labute approximate surface area is 79.1 Å². The molecule has 1 aromatic heterocycles. The van der Waals surface area contributed by atoms with Gasteiger partial charge in [0, 0.05) is 38.6 Å². The average molecular weight is 179 g/mol. The Morgan fingerprint density at radius 1 is 1.62 bits per heavy atom. The molecule has 0 spiro atoms. The van der Waals surface area contributed by atoms with Crippen LogP contribution in [0.15, 0.2) is 18.5 Å². The zero-order valence-corrected chi connectivity index (χ0v) is 8.09. The summed E-state index contributed by atoms with van der Waals surface area (Å²) in [5.41, 5.74) is 1.26. The van der Waals surface area contributed by atoms with Gasteiger partial charge in [-0.25, -0.2) is 0 Å². The van der Waals surface area contributed by atoms with E-state index in [0.29, 0.717) is 0 Å². The van der Waals surface area contributed by atoms with Gasteiger partial charge in [0.15, 0.2) is 0 Å². The fraction of sp³-hybridized carbons (Fsp3) is 0.600. The quantitative estimate of drug-likeness (QED) is 0.711. The van der Waals surface area contributed by atoms with Crippen LogP contribution in [0.2, 0.25) is 0 Å². The van der Waals surface area contributed by atoms with Gasteiger partial charge in [0.05, 0.1) is 5.69 Å². The van der Waals surface area contributed by atoms with E-state index >= 15 is 0 Å². The van der Waals surface area contributed by atoms with Gasteiger partial charge in [-0.2, -0.15) is 0 Å². The number of aromatic nitrogens is 1. The minimum absolute atomic E-state index is 0.819. The Bertz CT molecular complexity index is 239. The minimum Gasteiger partial charge on any atom is -0.372 e. The lowest BCUT2D eigenvalue weighted by molar-refractivity contribution is 0.675. The fourth-order valence-corrected chi connectivity index (χ4v) is 1.41. The van der Waals surface area contributed by atoms with Gasteiger partial charge in [-0.1, -0.05) is 0 Å². The summed E-state index contributed by atoms with van der Waals surface area (Å²) in [5.74, 6) is 0. The number of rotatable bonds is 5. The smallest absolute Gasteiger partial charge is 0.0541 e. The van der Waals surface area contributed by atoms with Crippen LogP contribution in [0.4, 0.5) is 5.69 Å². The lowest BCUT2D eigenvalue weighted by Gasteiger charge is -2.17. The molecule has 1 fully saturated rings. The highest BCUT2D eigenvalue weighted by atomic mass is 15.1. The topological polar surface area (TPSA) is 31.1 Å². The van der Waals surface area contributed by atoms with Gasteiger partial charge in [-0.05, 0) is 18.9 Å². The summed E-state index contributed by atoms with van der Waals surface area (Å²) in [4.78, 5) is 5.32. The van der Waals surface area contributed by atoms with E-state index in [-0.39, 0.29) is 0 Å². The number of H-pyrrole nitrogens is 1. The lowest BCUT2D eigenvalue weighted by atomic mass is 10.4. The zero-order valence-electron chi connectivity index (χ0n) is 8.09. The van der Waals surface area contributed by atoms with Crippen LogP contribution in [0.25, 0.3) is 0 Å². The monoisotopic (exact) mass is 179 g/mol. The number of likely N-dealkylation sites (N-methyl/N-ethyl adjacent to an activating group) is 1. The molecule has 0 unspecified atom stereocenters. The summed E-state index contributed by atoms with van der Waals surface area (Å²) in [7, 11) is 2.12. The van der Waals surface area contributed by atoms with Crippen molar-refractivity contribution in [1.29, 1.82) is 0 Å². The molecule has 1 aliphatic rings. The Balaban J connectivity index is 1.68. The molecule has 1 saturated carbocycles. The predicted molar refractivity (Wildman–Crippen MR) is 55.1 cm³/mol. The van der Waals surface area contributed by atoms with E-state index in [2.05, 4.69) is 28.3 Å². The number of hydrogen-bond acceptors (Lipinski definition) is 2. The van der Waals surface area contributed by atoms with Gasteiger partial charge in [0.1, 0.15) is 0 Å². The third kappa shape index (κ3) is 2.49. The van der Waals surface area contributed by atoms with Crippen LogP contribution < -0.4 is 10.2 Å². The first-order valence-electron chi connectivity index (χ1n) is 4.93. The van der Waals surface area contributed by atoms with Crippen molar-refractivity contribution < 1.29 is 0 Å². The standard InChI is InChI=1S/C10H17N3/c1-13(10-4-5-11-8-10)7-6-12-9-2-3-9/h4-5,8-9,11-12H,2-3,6-7H2,1H3. The molecule has 2 N–H and O–H groups in total. The Hall–Kier alpha value is -0.960. The third-order valence-corrected chi connectivity index (χ3v) is 2.48. The second-order valence-electron chi connectivity index (χ2n) is 3.72. The predicted octanol–water partition coefficient (Wildman–Crippen LogP) is 1.20. The minimum atomic E-state index is 0.819. The molecule has 2 rings (SSSR count). The van der Waals surface area contributed by atoms with Gasteiger partial charge in [0.25, 0.3) is 0 Å². The van der Waals surface area contributed by atoms with Crippen LogP contribution in [0.1, 0.15) is 12.8 Å². The van der Waals surface area contributed by atoms with Crippen molar-refractivity contribution in [1.82, 2.24) is 10.3 Å². The van der Waals surface area contributed by atoms with Gasteiger partial charge < -0.3 is 15.2 Å². The molecule has 0 aromatic carbocycles. The first-order chi connectivity index (χ1) is 6.36. The van der Waals surface area contributed by atoms with Crippen LogP contribution in [-0.4, -0.2) is 31.2 Å². The normalized spacial score (nSPS) is 16.1. The highest BCUT2D eigenvalue weighted by molar-refractivity contribution is 5.42. The summed E-state index contributed by atoms with van der Waals surface area (Å²) in [5, 5.41) is 3.50. The van der Waals surface area contributed by atoms with Gasteiger partial charge in [-0.3, -0.25) is 0 Å². The largest absolute Gasteiger partial charge is 0.372 e. The van der Waals surface area contributed by atoms with Crippen molar-refractivity contribution in [2.24, 2.45) is 0 Å². The second kappa shape index (κ2) is 3.83. The molecule has 0 atom stereocenters. The third-order valence-electron chi connectivity index (χ3n) is 2.48. The Morgan fingerprint density at radius 3 is 3.08 bits per heavy atom. The van der Waals surface area contributed by atoms with Crippen LogP contribution in [0.5, 0.6) is 0 Å². The molecule has 3 heteroatoms. The SMILES string of the molecule is CN(CCNC1CC1)c1cc[nH]c1. The van der Waals surface area contributed by atoms with Gasteiger partial charge in [-0.15, -0.1) is 0 Å². The van der Waals surface area contributed by atoms with Gasteiger partial charge >= 0.3 is 0 Å². The van der Waals surface area contributed by atoms with Crippen LogP contribution in [-0.2, 0) is 0 Å². The number of anilines is 1. The molecule has 72 valence electrons. The van der Waals surface area contributed by atoms with E-state index < -0.39 is 0 Å². The number of hydrogen-bond donors (Lipinski definition) is 2. The molecule has 13 heavy (non-hydrogen) atoms. The van der Waals surface area contributed by atoms with Crippen molar-refractivity contribution in [3.8, 4) is 0 Å². The Morgan fingerprint density at radius 2 is 2.46 bits per heavy atom. The van der Waals surface area contributed by atoms with Crippen molar-refractivity contribution >= 4 is 5.69 Å². The van der Waals surface area contributed by atoms with E-state index in [4.69, 9.17) is 0 Å². The second-order valence-corrected chi connectivity index (χ2v) is 3.72. The summed E-state index contributed by atoms with van der Waals surface area (Å²) in [6, 6.07) is 2.91. The number of nitrogens with zero attached hydrogens (tertiary/aromatic N) is 1. The first-order valence-corrected chi connectivity index (χ1v) is 4.93. The molecular weight excluding hydrogens is 162 g/mol. The van der Waals surface area contributed by atoms with Crippen LogP contribution in [0.3, 0.4) is 0 Å². The summed E-state index contributed by atoms with van der Waals surface area (Å²) in [6.45, 7) is 2.17. The van der Waals surface area contributed by atoms with Crippen molar-refractivity contribution in [2.45, 2.75) is 18.9 Å². The molecule has 1 aliphatic carbocycles. The number of nitrogens with one attached hydrogen (secondary N) is 2. The maximum atomic E-state index is 3.50. The van der Waals surface area contributed by atoms with Crippen LogP contribution >= 0.6 is 0 Å². The van der Waals surface area contributed by atoms with Crippen molar-refractivity contribution in [2.75, 3.05) is 25.0 Å². The van der Waals surface area contributed by atoms with E-state index in [9.17, 15) is 0 Å². The van der Waals surface area contributed by atoms with Crippen LogP contribution in [0, 0.1) is 0 Å². The average Bonchev–Trinajstić information content (AvgIpc) is 2.80. The first kappa shape index (κ1) is 8.63. The molecule has 3 nitrogen and oxygen atoms in total. The van der Waals surface area contributed by atoms with Crippen molar-refractivity contribution in [3.63, 3.8) is 0 Å². The van der Waals surface area contributed by atoms with E-state index in [0.717, 1.165) is 19.1 Å². The molecule has 1 heterocycles. The Kier molecular flexibility index (Phi) is 2.54. The molecular formula is C10H17N3. The molecule has 0 amide bonds. The maximum Gasteiger partial charge on any atom is 0.0541 e. The highest BCUT2D eigenvalue weighted by Gasteiger charge is 2.19. The summed E-state index contributed by atoms with van der Waals surface area (Å²) < 4.78 is 0. The molecule has 1 aromatic rings. The van der Waals surface area contributed by atoms with E-state index in [1.807, 2.05) is 12.4 Å². The molecule has 0 saturated heterocycles. The maximum absolute atomic E-state index is 3.50. The molecule has 0 radical (unpaired) electrons. The van der Waals surface area contributed by atoms with Crippen molar-refractivity contribution in [3.05, 3.63) is 18.5 Å². The number of aromatic amines is 1. The zero-order chi connectivity index (χ0) is 9.10. The molecule has 0 aliphatic heterocycles. The van der Waals surface area contributed by atoms with E-state index in [1.165, 1.54) is 18.5 Å². The van der Waals surface area contributed by atoms with E-state index in [1.54, 1.807) is 0 Å². The highest BCUT2D eigenvalue weighted by Crippen LogP contribution is 2.18. The summed E-state index contributed by atoms with van der Waals surface area (Å²) >= 11 is 0. The summed E-state index contributed by atoms with van der Waals surface area (Å²) in [6.07, 6.45) is 6.72. The molecule has 0 bridgehead atoms. The lowest BCUT2D eigenvalue weighted by Crippen LogP contribution is -2.29. The van der Waals surface area contributed by atoms with Gasteiger partial charge in [0.2, 0.25) is 0 Å².